The Hall–Kier alpha value is -3.40. The van der Waals surface area contributed by atoms with Crippen LogP contribution in [0.25, 0.3) is 0 Å². The van der Waals surface area contributed by atoms with E-state index in [-0.39, 0.29) is 29.9 Å². The lowest BCUT2D eigenvalue weighted by atomic mass is 10.0. The molecule has 3 aromatic rings. The zero-order valence-electron chi connectivity index (χ0n) is 18.9. The Morgan fingerprint density at radius 2 is 1.91 bits per heavy atom. The standard InChI is InChI=1S/C23H28F2N4O4/c1-14(2)10-18(22(31)26-19-8-9-28(27-19)13-23(3,4)32)29-12-15(11-20(29)30)33-21-16(24)6-5-7-17(21)25/h5-9,11-12,14,18,30,32H,10,13H2,1-4H3,(H,26,27,31)/t18-/m0/s1. The van der Waals surface area contributed by atoms with Gasteiger partial charge in [0.05, 0.1) is 18.3 Å². The lowest BCUT2D eigenvalue weighted by Gasteiger charge is -2.20. The zero-order valence-corrected chi connectivity index (χ0v) is 18.9. The van der Waals surface area contributed by atoms with Crippen LogP contribution in [0.15, 0.2) is 42.7 Å². The van der Waals surface area contributed by atoms with Crippen molar-refractivity contribution < 1.29 is 28.5 Å². The number of aromatic nitrogens is 3. The summed E-state index contributed by atoms with van der Waals surface area (Å²) in [7, 11) is 0. The van der Waals surface area contributed by atoms with Crippen molar-refractivity contribution in [3.05, 3.63) is 54.4 Å². The number of nitrogens with one attached hydrogen (secondary N) is 1. The molecule has 0 saturated heterocycles. The van der Waals surface area contributed by atoms with Gasteiger partial charge in [0.25, 0.3) is 0 Å². The molecule has 1 atom stereocenters. The van der Waals surface area contributed by atoms with Crippen LogP contribution in [-0.4, -0.2) is 36.1 Å². The van der Waals surface area contributed by atoms with Gasteiger partial charge in [0.2, 0.25) is 5.91 Å². The third kappa shape index (κ3) is 6.32. The topological polar surface area (TPSA) is 102 Å². The monoisotopic (exact) mass is 462 g/mol. The van der Waals surface area contributed by atoms with Gasteiger partial charge in [-0.2, -0.15) is 5.10 Å². The first kappa shape index (κ1) is 24.2. The van der Waals surface area contributed by atoms with Gasteiger partial charge in [0, 0.05) is 18.3 Å². The molecule has 0 aliphatic heterocycles. The first-order chi connectivity index (χ1) is 15.4. The van der Waals surface area contributed by atoms with Crippen LogP contribution in [0, 0.1) is 17.6 Å². The number of carbonyl (C=O) groups is 1. The fourth-order valence-corrected chi connectivity index (χ4v) is 3.36. The van der Waals surface area contributed by atoms with E-state index < -0.39 is 34.9 Å². The second-order valence-electron chi connectivity index (χ2n) is 8.94. The minimum absolute atomic E-state index is 0.0208. The molecule has 8 nitrogen and oxygen atoms in total. The highest BCUT2D eigenvalue weighted by Crippen LogP contribution is 2.34. The van der Waals surface area contributed by atoms with E-state index in [1.807, 2.05) is 13.8 Å². The van der Waals surface area contributed by atoms with Crippen molar-refractivity contribution in [3.8, 4) is 17.4 Å². The molecule has 2 aromatic heterocycles. The van der Waals surface area contributed by atoms with Crippen molar-refractivity contribution in [1.29, 1.82) is 0 Å². The number of rotatable bonds is 9. The molecule has 3 N–H and O–H groups in total. The Morgan fingerprint density at radius 3 is 2.52 bits per heavy atom. The van der Waals surface area contributed by atoms with Gasteiger partial charge in [0.15, 0.2) is 29.1 Å². The number of ether oxygens (including phenoxy) is 1. The van der Waals surface area contributed by atoms with E-state index in [0.29, 0.717) is 6.42 Å². The van der Waals surface area contributed by atoms with Gasteiger partial charge >= 0.3 is 0 Å². The Kier molecular flexibility index (Phi) is 7.06. The number of aliphatic hydroxyl groups is 1. The highest BCUT2D eigenvalue weighted by molar-refractivity contribution is 5.93. The van der Waals surface area contributed by atoms with Gasteiger partial charge < -0.3 is 24.8 Å². The molecular weight excluding hydrogens is 434 g/mol. The summed E-state index contributed by atoms with van der Waals surface area (Å²) in [6.45, 7) is 7.38. The van der Waals surface area contributed by atoms with E-state index in [0.717, 1.165) is 12.1 Å². The molecule has 0 radical (unpaired) electrons. The van der Waals surface area contributed by atoms with Crippen LogP contribution in [0.5, 0.6) is 17.4 Å². The minimum atomic E-state index is -0.974. The van der Waals surface area contributed by atoms with Gasteiger partial charge in [0.1, 0.15) is 11.8 Å². The number of halogens is 2. The van der Waals surface area contributed by atoms with E-state index in [2.05, 4.69) is 10.4 Å². The number of hydrogen-bond acceptors (Lipinski definition) is 5. The highest BCUT2D eigenvalue weighted by atomic mass is 19.1. The Balaban J connectivity index is 1.82. The summed E-state index contributed by atoms with van der Waals surface area (Å²) >= 11 is 0. The van der Waals surface area contributed by atoms with Crippen molar-refractivity contribution in [2.75, 3.05) is 5.32 Å². The Bertz CT molecular complexity index is 1100. The molecule has 0 bridgehead atoms. The SMILES string of the molecule is CC(C)C[C@@H](C(=O)Nc1ccn(CC(C)(C)O)n1)n1cc(Oc2c(F)cccc2F)cc1O. The van der Waals surface area contributed by atoms with Crippen LogP contribution in [-0.2, 0) is 11.3 Å². The number of anilines is 1. The zero-order chi connectivity index (χ0) is 24.3. The quantitative estimate of drug-likeness (QED) is 0.436. The van der Waals surface area contributed by atoms with Gasteiger partial charge in [-0.3, -0.25) is 9.48 Å². The predicted octanol–water partition coefficient (Wildman–Crippen LogP) is 4.46. The third-order valence-corrected chi connectivity index (χ3v) is 4.72. The summed E-state index contributed by atoms with van der Waals surface area (Å²) in [4.78, 5) is 13.1. The van der Waals surface area contributed by atoms with Crippen molar-refractivity contribution in [2.45, 2.75) is 52.3 Å². The molecule has 1 amide bonds. The number of aromatic hydroxyl groups is 1. The van der Waals surface area contributed by atoms with Crippen LogP contribution < -0.4 is 10.1 Å². The number of hydrogen-bond donors (Lipinski definition) is 3. The summed E-state index contributed by atoms with van der Waals surface area (Å²) in [6, 6.07) is 5.27. The van der Waals surface area contributed by atoms with E-state index in [1.54, 1.807) is 26.1 Å². The fraction of sp³-hybridized carbons (Fsp3) is 0.391. The summed E-state index contributed by atoms with van der Waals surface area (Å²) < 4.78 is 36.0. The number of para-hydroxylation sites is 1. The van der Waals surface area contributed by atoms with Crippen LogP contribution in [0.3, 0.4) is 0 Å². The van der Waals surface area contributed by atoms with Crippen molar-refractivity contribution in [3.63, 3.8) is 0 Å². The van der Waals surface area contributed by atoms with E-state index >= 15 is 0 Å². The van der Waals surface area contributed by atoms with E-state index in [9.17, 15) is 23.8 Å². The van der Waals surface area contributed by atoms with Gasteiger partial charge in [-0.15, -0.1) is 0 Å². The molecule has 33 heavy (non-hydrogen) atoms. The predicted molar refractivity (Wildman–Crippen MR) is 118 cm³/mol. The van der Waals surface area contributed by atoms with Crippen LogP contribution in [0.2, 0.25) is 0 Å². The maximum atomic E-state index is 13.9. The molecule has 2 heterocycles. The van der Waals surface area contributed by atoms with Gasteiger partial charge in [-0.1, -0.05) is 19.9 Å². The number of nitrogens with zero attached hydrogens (tertiary/aromatic N) is 3. The van der Waals surface area contributed by atoms with Gasteiger partial charge in [-0.05, 0) is 38.3 Å². The summed E-state index contributed by atoms with van der Waals surface area (Å²) in [5.74, 6) is -2.76. The average molecular weight is 462 g/mol. The Labute approximate surface area is 190 Å². The van der Waals surface area contributed by atoms with Crippen molar-refractivity contribution in [2.24, 2.45) is 5.92 Å². The Morgan fingerprint density at radius 1 is 1.24 bits per heavy atom. The van der Waals surface area contributed by atoms with E-state index in [1.165, 1.54) is 27.6 Å². The lowest BCUT2D eigenvalue weighted by molar-refractivity contribution is -0.119. The first-order valence-corrected chi connectivity index (χ1v) is 10.5. The van der Waals surface area contributed by atoms with Crippen molar-refractivity contribution >= 4 is 11.7 Å². The van der Waals surface area contributed by atoms with Crippen LogP contribution >= 0.6 is 0 Å². The third-order valence-electron chi connectivity index (χ3n) is 4.72. The molecule has 1 aromatic carbocycles. The van der Waals surface area contributed by atoms with Crippen molar-refractivity contribution in [1.82, 2.24) is 14.3 Å². The number of amides is 1. The second-order valence-corrected chi connectivity index (χ2v) is 8.94. The summed E-state index contributed by atoms with van der Waals surface area (Å²) in [5.41, 5.74) is -0.974. The van der Waals surface area contributed by atoms with Crippen LogP contribution in [0.1, 0.15) is 40.2 Å². The molecule has 0 spiro atoms. The molecule has 0 saturated carbocycles. The molecule has 0 aliphatic rings. The smallest absolute Gasteiger partial charge is 0.248 e. The largest absolute Gasteiger partial charge is 0.494 e. The summed E-state index contributed by atoms with van der Waals surface area (Å²) in [6.07, 6.45) is 3.32. The maximum Gasteiger partial charge on any atom is 0.248 e. The molecule has 0 fully saturated rings. The molecule has 0 aliphatic carbocycles. The first-order valence-electron chi connectivity index (χ1n) is 10.5. The fourth-order valence-electron chi connectivity index (χ4n) is 3.36. The lowest BCUT2D eigenvalue weighted by Crippen LogP contribution is -2.28. The highest BCUT2D eigenvalue weighted by Gasteiger charge is 2.26. The molecule has 3 rings (SSSR count). The maximum absolute atomic E-state index is 13.9. The van der Waals surface area contributed by atoms with Crippen LogP contribution in [0.4, 0.5) is 14.6 Å². The number of benzene rings is 1. The summed E-state index contributed by atoms with van der Waals surface area (Å²) in [5, 5.41) is 27.3. The van der Waals surface area contributed by atoms with Gasteiger partial charge in [-0.25, -0.2) is 8.78 Å². The minimum Gasteiger partial charge on any atom is -0.494 e. The molecule has 10 heteroatoms. The normalized spacial score (nSPS) is 12.7. The molecule has 178 valence electrons. The average Bonchev–Trinajstić information content (AvgIpc) is 3.27. The number of carbonyl (C=O) groups excluding carboxylic acids is 1. The molecular formula is C23H28F2N4O4. The van der Waals surface area contributed by atoms with E-state index in [4.69, 9.17) is 4.74 Å². The molecule has 0 unspecified atom stereocenters. The second kappa shape index (κ2) is 9.62.